The predicted molar refractivity (Wildman–Crippen MR) is 112 cm³/mol. The Bertz CT molecular complexity index is 1040. The van der Waals surface area contributed by atoms with Gasteiger partial charge in [0, 0.05) is 10.5 Å². The second-order valence-electron chi connectivity index (χ2n) is 6.91. The zero-order chi connectivity index (χ0) is 22.6. The second kappa shape index (κ2) is 9.51. The molecule has 2 aromatic carbocycles. The molecule has 1 N–H and O–H groups in total. The molecular formula is C23H21F3O4S. The van der Waals surface area contributed by atoms with Crippen molar-refractivity contribution >= 4 is 17.7 Å². The van der Waals surface area contributed by atoms with Crippen LogP contribution in [0.2, 0.25) is 0 Å². The maximum atomic E-state index is 12.7. The summed E-state index contributed by atoms with van der Waals surface area (Å²) in [7, 11) is 0. The molecular weight excluding hydrogens is 429 g/mol. The van der Waals surface area contributed by atoms with Crippen LogP contribution in [0.25, 0.3) is 11.3 Å². The predicted octanol–water partition coefficient (Wildman–Crippen LogP) is 6.81. The third-order valence-corrected chi connectivity index (χ3v) is 5.62. The van der Waals surface area contributed by atoms with E-state index in [0.717, 1.165) is 22.6 Å². The first-order valence-corrected chi connectivity index (χ1v) is 10.5. The lowest BCUT2D eigenvalue weighted by atomic mass is 10.1. The van der Waals surface area contributed by atoms with Crippen molar-refractivity contribution in [3.63, 3.8) is 0 Å². The number of aryl methyl sites for hydroxylation is 1. The molecule has 4 nitrogen and oxygen atoms in total. The van der Waals surface area contributed by atoms with E-state index >= 15 is 0 Å². The fourth-order valence-corrected chi connectivity index (χ4v) is 3.78. The molecule has 1 atom stereocenters. The number of ether oxygens (including phenoxy) is 1. The molecule has 3 aromatic rings. The number of carbonyl (C=O) groups is 1. The standard InChI is InChI=1S/C23H21F3O4S/c1-3-19(22(27)28)30-20-11-9-18(12-14(20)2)31-13-17-8-10-21(29-17)15-4-6-16(7-5-15)23(24,25)26/h4-12,19H,3,13H2,1-2H3,(H,27,28). The molecule has 164 valence electrons. The van der Waals surface area contributed by atoms with Crippen molar-refractivity contribution in [2.45, 2.75) is 43.2 Å². The van der Waals surface area contributed by atoms with E-state index in [4.69, 9.17) is 14.3 Å². The van der Waals surface area contributed by atoms with E-state index in [9.17, 15) is 18.0 Å². The third kappa shape index (κ3) is 5.85. The third-order valence-electron chi connectivity index (χ3n) is 4.60. The van der Waals surface area contributed by atoms with Crippen LogP contribution in [0.3, 0.4) is 0 Å². The molecule has 0 aliphatic rings. The maximum absolute atomic E-state index is 12.7. The number of halogens is 3. The van der Waals surface area contributed by atoms with E-state index < -0.39 is 23.8 Å². The zero-order valence-corrected chi connectivity index (χ0v) is 17.7. The Kier molecular flexibility index (Phi) is 7.00. The van der Waals surface area contributed by atoms with Crippen LogP contribution < -0.4 is 4.74 Å². The largest absolute Gasteiger partial charge is 0.479 e. The number of rotatable bonds is 8. The number of alkyl halides is 3. The van der Waals surface area contributed by atoms with Crippen molar-refractivity contribution in [3.8, 4) is 17.1 Å². The molecule has 0 saturated carbocycles. The van der Waals surface area contributed by atoms with E-state index in [2.05, 4.69) is 0 Å². The summed E-state index contributed by atoms with van der Waals surface area (Å²) in [5.74, 6) is 1.26. The number of aliphatic carboxylic acids is 1. The molecule has 8 heteroatoms. The van der Waals surface area contributed by atoms with Gasteiger partial charge in [0.25, 0.3) is 0 Å². The van der Waals surface area contributed by atoms with Crippen molar-refractivity contribution in [2.24, 2.45) is 0 Å². The minimum atomic E-state index is -4.37. The number of furan rings is 1. The first-order chi connectivity index (χ1) is 14.7. The van der Waals surface area contributed by atoms with Crippen LogP contribution >= 0.6 is 11.8 Å². The van der Waals surface area contributed by atoms with Gasteiger partial charge in [-0.2, -0.15) is 13.2 Å². The van der Waals surface area contributed by atoms with Crippen LogP contribution in [0, 0.1) is 6.92 Å². The summed E-state index contributed by atoms with van der Waals surface area (Å²) in [6.07, 6.45) is -4.89. The number of carboxylic acid groups (broad SMARTS) is 1. The Hall–Kier alpha value is -2.87. The lowest BCUT2D eigenvalue weighted by Gasteiger charge is -2.15. The topological polar surface area (TPSA) is 59.7 Å². The van der Waals surface area contributed by atoms with Gasteiger partial charge in [-0.3, -0.25) is 0 Å². The molecule has 1 aromatic heterocycles. The highest BCUT2D eigenvalue weighted by atomic mass is 32.2. The van der Waals surface area contributed by atoms with Gasteiger partial charge in [0.15, 0.2) is 6.10 Å². The lowest BCUT2D eigenvalue weighted by Crippen LogP contribution is -2.26. The van der Waals surface area contributed by atoms with Crippen LogP contribution in [0.4, 0.5) is 13.2 Å². The molecule has 0 radical (unpaired) electrons. The molecule has 0 aliphatic carbocycles. The van der Waals surface area contributed by atoms with Crippen molar-refractivity contribution in [2.75, 3.05) is 0 Å². The number of thioether (sulfide) groups is 1. The Morgan fingerprint density at radius 1 is 1.13 bits per heavy atom. The molecule has 0 amide bonds. The Balaban J connectivity index is 1.63. The Morgan fingerprint density at radius 3 is 2.42 bits per heavy atom. The summed E-state index contributed by atoms with van der Waals surface area (Å²) in [6, 6.07) is 13.9. The van der Waals surface area contributed by atoms with E-state index in [0.29, 0.717) is 35.0 Å². The van der Waals surface area contributed by atoms with Gasteiger partial charge in [0.05, 0.1) is 11.3 Å². The SMILES string of the molecule is CCC(Oc1ccc(SCc2ccc(-c3ccc(C(F)(F)F)cc3)o2)cc1C)C(=O)O. The number of hydrogen-bond acceptors (Lipinski definition) is 4. The number of carboxylic acids is 1. The first kappa shape index (κ1) is 22.8. The highest BCUT2D eigenvalue weighted by molar-refractivity contribution is 7.98. The summed E-state index contributed by atoms with van der Waals surface area (Å²) >= 11 is 1.53. The monoisotopic (exact) mass is 450 g/mol. The van der Waals surface area contributed by atoms with Crippen molar-refractivity contribution in [1.82, 2.24) is 0 Å². The summed E-state index contributed by atoms with van der Waals surface area (Å²) < 4.78 is 49.4. The van der Waals surface area contributed by atoms with Crippen LogP contribution in [0.1, 0.15) is 30.2 Å². The second-order valence-corrected chi connectivity index (χ2v) is 7.96. The Morgan fingerprint density at radius 2 is 1.84 bits per heavy atom. The van der Waals surface area contributed by atoms with Crippen LogP contribution in [0.15, 0.2) is 63.9 Å². The van der Waals surface area contributed by atoms with E-state index in [1.165, 1.54) is 23.9 Å². The van der Waals surface area contributed by atoms with E-state index in [-0.39, 0.29) is 0 Å². The van der Waals surface area contributed by atoms with Gasteiger partial charge in [-0.25, -0.2) is 4.79 Å². The number of hydrogen-bond donors (Lipinski definition) is 1. The van der Waals surface area contributed by atoms with E-state index in [1.807, 2.05) is 19.1 Å². The van der Waals surface area contributed by atoms with Crippen LogP contribution in [-0.4, -0.2) is 17.2 Å². The average Bonchev–Trinajstić information content (AvgIpc) is 3.20. The molecule has 0 saturated heterocycles. The molecule has 0 spiro atoms. The van der Waals surface area contributed by atoms with Crippen molar-refractivity contribution < 1.29 is 32.2 Å². The fourth-order valence-electron chi connectivity index (χ4n) is 2.89. The highest BCUT2D eigenvalue weighted by Gasteiger charge is 2.30. The lowest BCUT2D eigenvalue weighted by molar-refractivity contribution is -0.145. The van der Waals surface area contributed by atoms with Crippen molar-refractivity contribution in [1.29, 1.82) is 0 Å². The average molecular weight is 450 g/mol. The van der Waals surface area contributed by atoms with Crippen LogP contribution in [-0.2, 0) is 16.7 Å². The number of benzene rings is 2. The molecule has 1 heterocycles. The highest BCUT2D eigenvalue weighted by Crippen LogP contribution is 2.33. The summed E-state index contributed by atoms with van der Waals surface area (Å²) in [4.78, 5) is 12.1. The molecule has 0 aliphatic heterocycles. The molecule has 31 heavy (non-hydrogen) atoms. The summed E-state index contributed by atoms with van der Waals surface area (Å²) in [5, 5.41) is 9.13. The summed E-state index contributed by atoms with van der Waals surface area (Å²) in [6.45, 7) is 3.60. The molecule has 0 bridgehead atoms. The van der Waals surface area contributed by atoms with Crippen LogP contribution in [0.5, 0.6) is 5.75 Å². The smallest absolute Gasteiger partial charge is 0.416 e. The molecule has 3 rings (SSSR count). The molecule has 0 fully saturated rings. The van der Waals surface area contributed by atoms with Gasteiger partial charge in [0.2, 0.25) is 0 Å². The minimum Gasteiger partial charge on any atom is -0.479 e. The van der Waals surface area contributed by atoms with Gasteiger partial charge >= 0.3 is 12.1 Å². The normalized spacial score (nSPS) is 12.5. The zero-order valence-electron chi connectivity index (χ0n) is 16.9. The quantitative estimate of drug-likeness (QED) is 0.382. The fraction of sp³-hybridized carbons (Fsp3) is 0.261. The first-order valence-electron chi connectivity index (χ1n) is 9.56. The van der Waals surface area contributed by atoms with Crippen molar-refractivity contribution in [3.05, 3.63) is 71.5 Å². The maximum Gasteiger partial charge on any atom is 0.416 e. The van der Waals surface area contributed by atoms with Gasteiger partial charge < -0.3 is 14.3 Å². The van der Waals surface area contributed by atoms with E-state index in [1.54, 1.807) is 25.1 Å². The van der Waals surface area contributed by atoms with Gasteiger partial charge in [0.1, 0.15) is 17.3 Å². The van der Waals surface area contributed by atoms with Gasteiger partial charge in [-0.15, -0.1) is 11.8 Å². The molecule has 1 unspecified atom stereocenters. The summed E-state index contributed by atoms with van der Waals surface area (Å²) in [5.41, 5.74) is 0.704. The minimum absolute atomic E-state index is 0.366. The van der Waals surface area contributed by atoms with Gasteiger partial charge in [-0.05, 0) is 61.4 Å². The Labute approximate surface area is 182 Å². The van der Waals surface area contributed by atoms with Gasteiger partial charge in [-0.1, -0.05) is 19.1 Å².